The zero-order valence-corrected chi connectivity index (χ0v) is 18.2. The molecule has 1 N–H and O–H groups in total. The van der Waals surface area contributed by atoms with Crippen LogP contribution in [0.3, 0.4) is 0 Å². The van der Waals surface area contributed by atoms with Crippen LogP contribution in [0.5, 0.6) is 5.75 Å². The molecule has 0 bridgehead atoms. The molecule has 0 aliphatic heterocycles. The van der Waals surface area contributed by atoms with Crippen LogP contribution >= 0.6 is 11.3 Å². The summed E-state index contributed by atoms with van der Waals surface area (Å²) in [7, 11) is 0. The maximum absolute atomic E-state index is 12.7. The van der Waals surface area contributed by atoms with Gasteiger partial charge in [0.05, 0.1) is 12.2 Å². The van der Waals surface area contributed by atoms with E-state index in [4.69, 9.17) is 9.47 Å². The maximum atomic E-state index is 12.7. The second-order valence-corrected chi connectivity index (χ2v) is 8.53. The van der Waals surface area contributed by atoms with E-state index in [1.54, 1.807) is 19.1 Å². The van der Waals surface area contributed by atoms with Crippen LogP contribution in [0.25, 0.3) is 0 Å². The lowest BCUT2D eigenvalue weighted by Gasteiger charge is -2.23. The van der Waals surface area contributed by atoms with Crippen molar-refractivity contribution in [2.75, 3.05) is 18.5 Å². The first-order valence-electron chi connectivity index (χ1n) is 10.5. The minimum Gasteiger partial charge on any atom is -0.484 e. The maximum Gasteiger partial charge on any atom is 0.341 e. The molecule has 2 aromatic carbocycles. The van der Waals surface area contributed by atoms with Gasteiger partial charge < -0.3 is 14.8 Å². The molecular weight excluding hydrogens is 410 g/mol. The molecule has 1 aliphatic carbocycles. The molecule has 4 rings (SSSR count). The van der Waals surface area contributed by atoms with Crippen molar-refractivity contribution in [3.8, 4) is 5.75 Å². The van der Waals surface area contributed by atoms with Crippen molar-refractivity contribution in [3.63, 3.8) is 0 Å². The van der Waals surface area contributed by atoms with Gasteiger partial charge in [0.15, 0.2) is 6.61 Å². The number of hydrogen-bond donors (Lipinski definition) is 1. The van der Waals surface area contributed by atoms with Crippen LogP contribution in [0.15, 0.2) is 60.7 Å². The predicted molar refractivity (Wildman–Crippen MR) is 122 cm³/mol. The molecule has 0 saturated carbocycles. The zero-order valence-electron chi connectivity index (χ0n) is 17.4. The Bertz CT molecular complexity index is 1050. The van der Waals surface area contributed by atoms with Gasteiger partial charge in [-0.05, 0) is 55.4 Å². The average Bonchev–Trinajstić information content (AvgIpc) is 3.16. The van der Waals surface area contributed by atoms with E-state index >= 15 is 0 Å². The first-order chi connectivity index (χ1) is 15.2. The van der Waals surface area contributed by atoms with Crippen LogP contribution in [0.4, 0.5) is 5.00 Å². The number of amides is 1. The molecule has 0 saturated heterocycles. The summed E-state index contributed by atoms with van der Waals surface area (Å²) in [6, 6.07) is 19.6. The first kappa shape index (κ1) is 21.1. The molecule has 5 nitrogen and oxygen atoms in total. The Morgan fingerprint density at radius 1 is 1.06 bits per heavy atom. The fraction of sp³-hybridized carbons (Fsp3) is 0.280. The standard InChI is InChI=1S/C25H25NO4S/c1-2-29-25(28)23-20-14-13-18(17-9-5-3-6-10-17)15-21(20)31-24(23)26-22(27)16-30-19-11-7-4-8-12-19/h3-12,18H,2,13-16H2,1H3,(H,26,27). The SMILES string of the molecule is CCOC(=O)c1c(NC(=O)COc2ccccc2)sc2c1CCC(c1ccccc1)C2. The molecule has 0 spiro atoms. The molecule has 0 fully saturated rings. The first-order valence-corrected chi connectivity index (χ1v) is 11.3. The predicted octanol–water partition coefficient (Wildman–Crippen LogP) is 5.21. The molecule has 0 radical (unpaired) electrons. The number of fused-ring (bicyclic) bond motifs is 1. The number of nitrogens with one attached hydrogen (secondary N) is 1. The summed E-state index contributed by atoms with van der Waals surface area (Å²) < 4.78 is 10.8. The third-order valence-electron chi connectivity index (χ3n) is 5.38. The van der Waals surface area contributed by atoms with Gasteiger partial charge in [0.1, 0.15) is 10.8 Å². The summed E-state index contributed by atoms with van der Waals surface area (Å²) in [5.74, 6) is 0.358. The fourth-order valence-corrected chi connectivity index (χ4v) is 5.26. The Kier molecular flexibility index (Phi) is 6.67. The molecule has 1 aromatic heterocycles. The monoisotopic (exact) mass is 435 g/mol. The van der Waals surface area contributed by atoms with Crippen LogP contribution in [-0.2, 0) is 22.4 Å². The number of rotatable bonds is 7. The molecular formula is C25H25NO4S. The number of carbonyl (C=O) groups is 2. The molecule has 6 heteroatoms. The summed E-state index contributed by atoms with van der Waals surface area (Å²) in [6.45, 7) is 1.95. The van der Waals surface area contributed by atoms with E-state index in [0.717, 1.165) is 29.7 Å². The van der Waals surface area contributed by atoms with E-state index in [1.807, 2.05) is 24.3 Å². The number of benzene rings is 2. The number of ether oxygens (including phenoxy) is 2. The van der Waals surface area contributed by atoms with Gasteiger partial charge in [-0.3, -0.25) is 4.79 Å². The second kappa shape index (κ2) is 9.79. The van der Waals surface area contributed by atoms with Gasteiger partial charge in [-0.25, -0.2) is 4.79 Å². The Morgan fingerprint density at radius 3 is 2.48 bits per heavy atom. The lowest BCUT2D eigenvalue weighted by atomic mass is 9.83. The van der Waals surface area contributed by atoms with E-state index in [0.29, 0.717) is 28.8 Å². The highest BCUT2D eigenvalue weighted by atomic mass is 32.1. The number of thiophene rings is 1. The number of esters is 1. The lowest BCUT2D eigenvalue weighted by Crippen LogP contribution is -2.21. The van der Waals surface area contributed by atoms with Gasteiger partial charge in [0.2, 0.25) is 0 Å². The third kappa shape index (κ3) is 4.97. The molecule has 160 valence electrons. The Hall–Kier alpha value is -3.12. The molecule has 1 heterocycles. The number of carbonyl (C=O) groups excluding carboxylic acids is 2. The summed E-state index contributed by atoms with van der Waals surface area (Å²) in [5.41, 5.74) is 2.82. The Labute approximate surface area is 186 Å². The van der Waals surface area contributed by atoms with Gasteiger partial charge in [0.25, 0.3) is 5.91 Å². The van der Waals surface area contributed by atoms with Gasteiger partial charge >= 0.3 is 5.97 Å². The highest BCUT2D eigenvalue weighted by molar-refractivity contribution is 7.17. The fourth-order valence-electron chi connectivity index (χ4n) is 3.93. The summed E-state index contributed by atoms with van der Waals surface area (Å²) >= 11 is 1.48. The van der Waals surface area contributed by atoms with Crippen LogP contribution in [0, 0.1) is 0 Å². The lowest BCUT2D eigenvalue weighted by molar-refractivity contribution is -0.118. The quantitative estimate of drug-likeness (QED) is 0.517. The van der Waals surface area contributed by atoms with Gasteiger partial charge in [-0.2, -0.15) is 0 Å². The van der Waals surface area contributed by atoms with E-state index in [1.165, 1.54) is 16.9 Å². The normalized spacial score (nSPS) is 15.1. The largest absolute Gasteiger partial charge is 0.484 e. The minimum absolute atomic E-state index is 0.124. The number of anilines is 1. The van der Waals surface area contributed by atoms with Crippen LogP contribution < -0.4 is 10.1 Å². The molecule has 1 aliphatic rings. The van der Waals surface area contributed by atoms with Crippen molar-refractivity contribution in [2.24, 2.45) is 0 Å². The molecule has 3 aromatic rings. The van der Waals surface area contributed by atoms with E-state index in [-0.39, 0.29) is 18.5 Å². The third-order valence-corrected chi connectivity index (χ3v) is 6.55. The van der Waals surface area contributed by atoms with Crippen molar-refractivity contribution in [2.45, 2.75) is 32.1 Å². The molecule has 1 amide bonds. The number of para-hydroxylation sites is 1. The average molecular weight is 436 g/mol. The summed E-state index contributed by atoms with van der Waals surface area (Å²) in [5, 5.41) is 3.44. The van der Waals surface area contributed by atoms with E-state index in [9.17, 15) is 9.59 Å². The van der Waals surface area contributed by atoms with Crippen molar-refractivity contribution in [1.29, 1.82) is 0 Å². The van der Waals surface area contributed by atoms with Crippen molar-refractivity contribution in [1.82, 2.24) is 0 Å². The highest BCUT2D eigenvalue weighted by Gasteiger charge is 2.30. The smallest absolute Gasteiger partial charge is 0.341 e. The number of hydrogen-bond acceptors (Lipinski definition) is 5. The molecule has 31 heavy (non-hydrogen) atoms. The topological polar surface area (TPSA) is 64.6 Å². The molecule has 1 atom stereocenters. The zero-order chi connectivity index (χ0) is 21.6. The molecule has 1 unspecified atom stereocenters. The minimum atomic E-state index is -0.377. The van der Waals surface area contributed by atoms with Crippen LogP contribution in [0.2, 0.25) is 0 Å². The second-order valence-electron chi connectivity index (χ2n) is 7.43. The van der Waals surface area contributed by atoms with Crippen molar-refractivity contribution in [3.05, 3.63) is 82.2 Å². The summed E-state index contributed by atoms with van der Waals surface area (Å²) in [4.78, 5) is 26.4. The highest BCUT2D eigenvalue weighted by Crippen LogP contribution is 2.42. The van der Waals surface area contributed by atoms with Crippen LogP contribution in [0.1, 0.15) is 45.6 Å². The van der Waals surface area contributed by atoms with Gasteiger partial charge in [-0.1, -0.05) is 48.5 Å². The van der Waals surface area contributed by atoms with E-state index in [2.05, 4.69) is 29.6 Å². The van der Waals surface area contributed by atoms with Crippen molar-refractivity contribution >= 4 is 28.2 Å². The van der Waals surface area contributed by atoms with Crippen molar-refractivity contribution < 1.29 is 19.1 Å². The van der Waals surface area contributed by atoms with Gasteiger partial charge in [0, 0.05) is 4.88 Å². The Morgan fingerprint density at radius 2 is 1.77 bits per heavy atom. The Balaban J connectivity index is 1.53. The van der Waals surface area contributed by atoms with Crippen LogP contribution in [-0.4, -0.2) is 25.1 Å². The summed E-state index contributed by atoms with van der Waals surface area (Å²) in [6.07, 6.45) is 2.60. The van der Waals surface area contributed by atoms with Gasteiger partial charge in [-0.15, -0.1) is 11.3 Å². The van der Waals surface area contributed by atoms with E-state index < -0.39 is 0 Å².